The summed E-state index contributed by atoms with van der Waals surface area (Å²) in [6.45, 7) is 0.430. The van der Waals surface area contributed by atoms with E-state index in [1.165, 1.54) is 18.3 Å². The number of rotatable bonds is 7. The molecule has 2 heterocycles. The highest BCUT2D eigenvalue weighted by atomic mass is 32.2. The largest absolute Gasteiger partial charge is 0.339 e. The molecular weight excluding hydrogens is 520 g/mol. The Kier molecular flexibility index (Phi) is 6.48. The molecule has 0 spiro atoms. The standard InChI is InChI=1S/C24H18N4O5S3/c29-22(13-14-27-18-5-1-3-7-20(18)34-21-8-4-2-6-19(21)27)26-24-25-15-23(35-24)36(32,33)17-11-9-16(10-12-17)28(30)31/h1-12,15H,13-14H2,(H,25,26,29). The first-order valence-corrected chi connectivity index (χ1v) is 13.8. The van der Waals surface area contributed by atoms with E-state index in [0.29, 0.717) is 6.54 Å². The lowest BCUT2D eigenvalue weighted by Gasteiger charge is -2.32. The van der Waals surface area contributed by atoms with E-state index in [9.17, 15) is 23.3 Å². The van der Waals surface area contributed by atoms with Crippen LogP contribution < -0.4 is 10.2 Å². The SMILES string of the molecule is O=C(CCN1c2ccccc2Sc2ccccc21)Nc1ncc(S(=O)(=O)c2ccc([N+](=O)[O-])cc2)s1. The molecule has 36 heavy (non-hydrogen) atoms. The van der Waals surface area contributed by atoms with Crippen molar-refractivity contribution in [2.45, 2.75) is 25.3 Å². The van der Waals surface area contributed by atoms with Gasteiger partial charge in [0.05, 0.1) is 27.4 Å². The van der Waals surface area contributed by atoms with Gasteiger partial charge in [-0.2, -0.15) is 0 Å². The highest BCUT2D eigenvalue weighted by Gasteiger charge is 2.25. The molecule has 0 unspecified atom stereocenters. The Balaban J connectivity index is 1.28. The maximum atomic E-state index is 12.9. The summed E-state index contributed by atoms with van der Waals surface area (Å²) >= 11 is 2.52. The topological polar surface area (TPSA) is 123 Å². The van der Waals surface area contributed by atoms with Gasteiger partial charge in [-0.3, -0.25) is 14.9 Å². The van der Waals surface area contributed by atoms with Crippen molar-refractivity contribution >= 4 is 61.0 Å². The summed E-state index contributed by atoms with van der Waals surface area (Å²) in [7, 11) is -3.92. The minimum Gasteiger partial charge on any atom is -0.339 e. The molecule has 4 aromatic rings. The van der Waals surface area contributed by atoms with Gasteiger partial charge in [0.25, 0.3) is 5.69 Å². The number of nitro groups is 1. The summed E-state index contributed by atoms with van der Waals surface area (Å²) in [5.41, 5.74) is 1.85. The molecule has 12 heteroatoms. The third-order valence-electron chi connectivity index (χ3n) is 5.45. The lowest BCUT2D eigenvalue weighted by molar-refractivity contribution is -0.384. The number of benzene rings is 3. The van der Waals surface area contributed by atoms with Crippen LogP contribution in [0, 0.1) is 10.1 Å². The van der Waals surface area contributed by atoms with Gasteiger partial charge < -0.3 is 10.2 Å². The summed E-state index contributed by atoms with van der Waals surface area (Å²) in [4.78, 5) is 31.2. The number of anilines is 3. The summed E-state index contributed by atoms with van der Waals surface area (Å²) in [6, 6.07) is 20.6. The van der Waals surface area contributed by atoms with Crippen LogP contribution in [-0.2, 0) is 14.6 Å². The van der Waals surface area contributed by atoms with E-state index < -0.39 is 14.8 Å². The molecule has 0 fully saturated rings. The van der Waals surface area contributed by atoms with Crippen LogP contribution in [0.5, 0.6) is 0 Å². The average molecular weight is 539 g/mol. The molecule has 0 radical (unpaired) electrons. The molecule has 182 valence electrons. The molecule has 0 bridgehead atoms. The molecule has 1 N–H and O–H groups in total. The van der Waals surface area contributed by atoms with Crippen LogP contribution in [0.3, 0.4) is 0 Å². The number of sulfone groups is 1. The Hall–Kier alpha value is -3.74. The number of aromatic nitrogens is 1. The van der Waals surface area contributed by atoms with Crippen LogP contribution in [0.4, 0.5) is 22.2 Å². The molecule has 0 saturated heterocycles. The second kappa shape index (κ2) is 9.72. The van der Waals surface area contributed by atoms with Crippen molar-refractivity contribution in [3.63, 3.8) is 0 Å². The van der Waals surface area contributed by atoms with Crippen LogP contribution in [0.2, 0.25) is 0 Å². The lowest BCUT2D eigenvalue weighted by Crippen LogP contribution is -2.25. The minimum atomic E-state index is -3.92. The Bertz CT molecular complexity index is 1520. The average Bonchev–Trinajstić information content (AvgIpc) is 3.36. The number of non-ortho nitro benzene ring substituents is 1. The van der Waals surface area contributed by atoms with Gasteiger partial charge in [-0.15, -0.1) is 0 Å². The van der Waals surface area contributed by atoms with Crippen molar-refractivity contribution < 1.29 is 18.1 Å². The third-order valence-corrected chi connectivity index (χ3v) is 9.72. The van der Waals surface area contributed by atoms with Crippen LogP contribution in [0.25, 0.3) is 0 Å². The van der Waals surface area contributed by atoms with E-state index in [0.717, 1.165) is 44.6 Å². The highest BCUT2D eigenvalue weighted by molar-refractivity contribution is 7.99. The number of nitrogens with zero attached hydrogens (tertiary/aromatic N) is 3. The van der Waals surface area contributed by atoms with Crippen molar-refractivity contribution in [2.75, 3.05) is 16.8 Å². The van der Waals surface area contributed by atoms with E-state index in [1.54, 1.807) is 11.8 Å². The first-order chi connectivity index (χ1) is 17.3. The quantitative estimate of drug-likeness (QED) is 0.241. The Morgan fingerprint density at radius 1 is 0.972 bits per heavy atom. The Morgan fingerprint density at radius 2 is 1.58 bits per heavy atom. The van der Waals surface area contributed by atoms with Gasteiger partial charge in [0.1, 0.15) is 4.21 Å². The molecule has 1 aromatic heterocycles. The molecule has 1 amide bonds. The molecule has 3 aromatic carbocycles. The van der Waals surface area contributed by atoms with Gasteiger partial charge in [0, 0.05) is 34.9 Å². The van der Waals surface area contributed by atoms with Crippen molar-refractivity contribution in [1.82, 2.24) is 4.98 Å². The van der Waals surface area contributed by atoms with Gasteiger partial charge in [0.2, 0.25) is 15.7 Å². The van der Waals surface area contributed by atoms with Crippen LogP contribution >= 0.6 is 23.1 Å². The minimum absolute atomic E-state index is 0.0671. The smallest absolute Gasteiger partial charge is 0.269 e. The first kappa shape index (κ1) is 24.0. The molecule has 0 saturated carbocycles. The molecule has 1 aliphatic heterocycles. The summed E-state index contributed by atoms with van der Waals surface area (Å²) in [5, 5.41) is 13.7. The first-order valence-electron chi connectivity index (χ1n) is 10.7. The van der Waals surface area contributed by atoms with E-state index in [-0.39, 0.29) is 32.3 Å². The van der Waals surface area contributed by atoms with Crippen LogP contribution in [-0.4, -0.2) is 30.8 Å². The number of hydrogen-bond acceptors (Lipinski definition) is 9. The molecular formula is C24H18N4O5S3. The zero-order valence-corrected chi connectivity index (χ0v) is 21.0. The fraction of sp³-hybridized carbons (Fsp3) is 0.0833. The van der Waals surface area contributed by atoms with Gasteiger partial charge in [-0.25, -0.2) is 13.4 Å². The zero-order valence-electron chi connectivity index (χ0n) is 18.5. The normalized spacial score (nSPS) is 12.5. The molecule has 0 atom stereocenters. The molecule has 5 rings (SSSR count). The fourth-order valence-electron chi connectivity index (χ4n) is 3.72. The maximum Gasteiger partial charge on any atom is 0.269 e. The predicted molar refractivity (Wildman–Crippen MR) is 138 cm³/mol. The van der Waals surface area contributed by atoms with Gasteiger partial charge in [-0.05, 0) is 36.4 Å². The zero-order chi connectivity index (χ0) is 25.3. The van der Waals surface area contributed by atoms with Gasteiger partial charge in [0.15, 0.2) is 5.13 Å². The number of hydrogen-bond donors (Lipinski definition) is 1. The number of thiazole rings is 1. The molecule has 9 nitrogen and oxygen atoms in total. The predicted octanol–water partition coefficient (Wildman–Crippen LogP) is 5.52. The monoisotopic (exact) mass is 538 g/mol. The lowest BCUT2D eigenvalue weighted by atomic mass is 10.2. The number of nitro benzene ring substituents is 1. The second-order valence-electron chi connectivity index (χ2n) is 7.73. The number of amides is 1. The summed E-state index contributed by atoms with van der Waals surface area (Å²) in [6.07, 6.45) is 1.34. The van der Waals surface area contributed by atoms with Crippen LogP contribution in [0.1, 0.15) is 6.42 Å². The fourth-order valence-corrected chi connectivity index (χ4v) is 7.27. The number of para-hydroxylation sites is 2. The van der Waals surface area contributed by atoms with Crippen LogP contribution in [0.15, 0.2) is 97.9 Å². The van der Waals surface area contributed by atoms with E-state index in [4.69, 9.17) is 0 Å². The van der Waals surface area contributed by atoms with Crippen molar-refractivity contribution in [1.29, 1.82) is 0 Å². The molecule has 1 aliphatic rings. The van der Waals surface area contributed by atoms with Crippen molar-refractivity contribution in [3.8, 4) is 0 Å². The number of nitrogens with one attached hydrogen (secondary N) is 1. The number of carbonyl (C=O) groups is 1. The molecule has 0 aliphatic carbocycles. The highest BCUT2D eigenvalue weighted by Crippen LogP contribution is 2.47. The summed E-state index contributed by atoms with van der Waals surface area (Å²) < 4.78 is 25.7. The number of carbonyl (C=O) groups excluding carboxylic acids is 1. The van der Waals surface area contributed by atoms with Gasteiger partial charge in [-0.1, -0.05) is 47.4 Å². The maximum absolute atomic E-state index is 12.9. The van der Waals surface area contributed by atoms with Gasteiger partial charge >= 0.3 is 0 Å². The van der Waals surface area contributed by atoms with E-state index >= 15 is 0 Å². The third kappa shape index (κ3) is 4.70. The number of fused-ring (bicyclic) bond motifs is 2. The van der Waals surface area contributed by atoms with Crippen molar-refractivity contribution in [3.05, 3.63) is 89.1 Å². The Morgan fingerprint density at radius 3 is 2.19 bits per heavy atom. The second-order valence-corrected chi connectivity index (χ2v) is 12.0. The van der Waals surface area contributed by atoms with Crippen molar-refractivity contribution in [2.24, 2.45) is 0 Å². The van der Waals surface area contributed by atoms with E-state index in [1.807, 2.05) is 48.5 Å². The summed E-state index contributed by atoms with van der Waals surface area (Å²) in [5.74, 6) is -0.295. The Labute approximate surface area is 214 Å². The van der Waals surface area contributed by atoms with E-state index in [2.05, 4.69) is 15.2 Å².